The Balaban J connectivity index is 1.99. The van der Waals surface area contributed by atoms with Gasteiger partial charge in [-0.15, -0.1) is 0 Å². The molecular formula is C16H17N3. The number of aromatic nitrogens is 1. The number of nitrogens with one attached hydrogen (secondary N) is 1. The molecule has 1 aliphatic carbocycles. The Morgan fingerprint density at radius 2 is 2.16 bits per heavy atom. The quantitative estimate of drug-likeness (QED) is 0.885. The molecule has 3 nitrogen and oxygen atoms in total. The van der Waals surface area contributed by atoms with Crippen LogP contribution in [-0.4, -0.2) is 11.0 Å². The topological polar surface area (TPSA) is 48.7 Å². The first-order valence-electron chi connectivity index (χ1n) is 6.84. The van der Waals surface area contributed by atoms with Crippen molar-refractivity contribution in [2.75, 3.05) is 5.32 Å². The fourth-order valence-corrected chi connectivity index (χ4v) is 2.85. The molecule has 1 saturated carbocycles. The number of para-hydroxylation sites is 1. The standard InChI is InChI=1S/C16H17N3/c1-11-5-4-8-14(11)18-16-13(10-17)9-12-6-2-3-7-15(12)19-16/h2-3,6-7,9,11,14H,4-5,8H2,1H3,(H,18,19). The van der Waals surface area contributed by atoms with E-state index >= 15 is 0 Å². The number of nitrogens with zero attached hydrogens (tertiary/aromatic N) is 2. The zero-order valence-electron chi connectivity index (χ0n) is 11.1. The molecule has 0 radical (unpaired) electrons. The van der Waals surface area contributed by atoms with Crippen LogP contribution in [0, 0.1) is 17.2 Å². The lowest BCUT2D eigenvalue weighted by Gasteiger charge is -2.19. The van der Waals surface area contributed by atoms with E-state index in [-0.39, 0.29) is 0 Å². The molecule has 0 amide bonds. The summed E-state index contributed by atoms with van der Waals surface area (Å²) in [5, 5.41) is 13.8. The van der Waals surface area contributed by atoms with Gasteiger partial charge in [0.1, 0.15) is 11.9 Å². The second-order valence-corrected chi connectivity index (χ2v) is 5.35. The van der Waals surface area contributed by atoms with Crippen LogP contribution >= 0.6 is 0 Å². The van der Waals surface area contributed by atoms with E-state index in [2.05, 4.69) is 23.3 Å². The highest BCUT2D eigenvalue weighted by Crippen LogP contribution is 2.29. The molecule has 96 valence electrons. The van der Waals surface area contributed by atoms with Gasteiger partial charge in [0.15, 0.2) is 0 Å². The van der Waals surface area contributed by atoms with Crippen LogP contribution in [0.25, 0.3) is 10.9 Å². The molecule has 3 rings (SSSR count). The minimum atomic E-state index is 0.445. The molecule has 0 aliphatic heterocycles. The number of fused-ring (bicyclic) bond motifs is 1. The Kier molecular flexibility index (Phi) is 3.08. The van der Waals surface area contributed by atoms with Gasteiger partial charge in [0.2, 0.25) is 0 Å². The average Bonchev–Trinajstić information content (AvgIpc) is 2.83. The number of hydrogen-bond donors (Lipinski definition) is 1. The monoisotopic (exact) mass is 251 g/mol. The van der Waals surface area contributed by atoms with E-state index in [0.29, 0.717) is 17.5 Å². The van der Waals surface area contributed by atoms with Gasteiger partial charge in [-0.3, -0.25) is 0 Å². The van der Waals surface area contributed by atoms with Crippen molar-refractivity contribution in [3.05, 3.63) is 35.9 Å². The lowest BCUT2D eigenvalue weighted by Crippen LogP contribution is -2.23. The predicted molar refractivity (Wildman–Crippen MR) is 76.9 cm³/mol. The molecule has 2 aromatic rings. The number of rotatable bonds is 2. The minimum Gasteiger partial charge on any atom is -0.366 e. The number of benzene rings is 1. The van der Waals surface area contributed by atoms with E-state index in [0.717, 1.165) is 16.7 Å². The van der Waals surface area contributed by atoms with Crippen LogP contribution in [0.4, 0.5) is 5.82 Å². The maximum atomic E-state index is 9.29. The Bertz CT molecular complexity index is 642. The molecule has 2 unspecified atom stereocenters. The highest BCUT2D eigenvalue weighted by molar-refractivity contribution is 5.82. The third kappa shape index (κ3) is 2.26. The van der Waals surface area contributed by atoms with Crippen molar-refractivity contribution < 1.29 is 0 Å². The van der Waals surface area contributed by atoms with Crippen molar-refractivity contribution in [2.24, 2.45) is 5.92 Å². The summed E-state index contributed by atoms with van der Waals surface area (Å²) in [5.74, 6) is 1.39. The summed E-state index contributed by atoms with van der Waals surface area (Å²) >= 11 is 0. The van der Waals surface area contributed by atoms with Crippen LogP contribution in [0.1, 0.15) is 31.7 Å². The highest BCUT2D eigenvalue weighted by Gasteiger charge is 2.24. The summed E-state index contributed by atoms with van der Waals surface area (Å²) in [7, 11) is 0. The summed E-state index contributed by atoms with van der Waals surface area (Å²) in [4.78, 5) is 4.61. The third-order valence-electron chi connectivity index (χ3n) is 4.03. The number of pyridine rings is 1. The Hall–Kier alpha value is -2.08. The van der Waals surface area contributed by atoms with Crippen LogP contribution in [0.2, 0.25) is 0 Å². The molecule has 0 spiro atoms. The van der Waals surface area contributed by atoms with Crippen LogP contribution in [-0.2, 0) is 0 Å². The predicted octanol–water partition coefficient (Wildman–Crippen LogP) is 3.71. The van der Waals surface area contributed by atoms with Crippen LogP contribution in [0.5, 0.6) is 0 Å². The van der Waals surface area contributed by atoms with Gasteiger partial charge in [-0.2, -0.15) is 5.26 Å². The smallest absolute Gasteiger partial charge is 0.144 e. The van der Waals surface area contributed by atoms with E-state index < -0.39 is 0 Å². The third-order valence-corrected chi connectivity index (χ3v) is 4.03. The van der Waals surface area contributed by atoms with E-state index in [1.54, 1.807) is 0 Å². The molecule has 0 bridgehead atoms. The zero-order valence-corrected chi connectivity index (χ0v) is 11.1. The van der Waals surface area contributed by atoms with E-state index in [4.69, 9.17) is 0 Å². The summed E-state index contributed by atoms with van der Waals surface area (Å²) in [6.45, 7) is 2.26. The van der Waals surface area contributed by atoms with Gasteiger partial charge in [-0.1, -0.05) is 31.5 Å². The summed E-state index contributed by atoms with van der Waals surface area (Å²) in [6, 6.07) is 12.5. The molecule has 3 heteroatoms. The summed E-state index contributed by atoms with van der Waals surface area (Å²) in [6.07, 6.45) is 3.68. The van der Waals surface area contributed by atoms with Gasteiger partial charge in [0, 0.05) is 11.4 Å². The first kappa shape index (κ1) is 12.0. The van der Waals surface area contributed by atoms with E-state index in [1.165, 1.54) is 19.3 Å². The molecule has 1 N–H and O–H groups in total. The van der Waals surface area contributed by atoms with Crippen LogP contribution in [0.15, 0.2) is 30.3 Å². The van der Waals surface area contributed by atoms with Crippen molar-refractivity contribution in [3.8, 4) is 6.07 Å². The second-order valence-electron chi connectivity index (χ2n) is 5.35. The lowest BCUT2D eigenvalue weighted by molar-refractivity contribution is 0.555. The second kappa shape index (κ2) is 4.89. The van der Waals surface area contributed by atoms with Crippen molar-refractivity contribution in [1.29, 1.82) is 5.26 Å². The van der Waals surface area contributed by atoms with Gasteiger partial charge in [0.25, 0.3) is 0 Å². The average molecular weight is 251 g/mol. The van der Waals surface area contributed by atoms with Crippen molar-refractivity contribution in [3.63, 3.8) is 0 Å². The zero-order chi connectivity index (χ0) is 13.2. The molecule has 1 fully saturated rings. The van der Waals surface area contributed by atoms with Gasteiger partial charge in [-0.25, -0.2) is 4.98 Å². The molecule has 1 aromatic heterocycles. The van der Waals surface area contributed by atoms with Crippen LogP contribution in [0.3, 0.4) is 0 Å². The number of nitriles is 1. The van der Waals surface area contributed by atoms with Crippen molar-refractivity contribution >= 4 is 16.7 Å². The van der Waals surface area contributed by atoms with Crippen LogP contribution < -0.4 is 5.32 Å². The SMILES string of the molecule is CC1CCCC1Nc1nc2ccccc2cc1C#N. The lowest BCUT2D eigenvalue weighted by atomic mass is 10.1. The molecular weight excluding hydrogens is 234 g/mol. The van der Waals surface area contributed by atoms with Crippen molar-refractivity contribution in [2.45, 2.75) is 32.2 Å². The van der Waals surface area contributed by atoms with Gasteiger partial charge < -0.3 is 5.32 Å². The minimum absolute atomic E-state index is 0.445. The van der Waals surface area contributed by atoms with Gasteiger partial charge in [-0.05, 0) is 30.9 Å². The highest BCUT2D eigenvalue weighted by atomic mass is 15.0. The number of anilines is 1. The van der Waals surface area contributed by atoms with E-state index in [1.807, 2.05) is 30.3 Å². The maximum absolute atomic E-state index is 9.29. The summed E-state index contributed by atoms with van der Waals surface area (Å²) < 4.78 is 0. The molecule has 1 aliphatic rings. The molecule has 19 heavy (non-hydrogen) atoms. The molecule has 2 atom stereocenters. The fraction of sp³-hybridized carbons (Fsp3) is 0.375. The molecule has 1 heterocycles. The largest absolute Gasteiger partial charge is 0.366 e. The maximum Gasteiger partial charge on any atom is 0.144 e. The fourth-order valence-electron chi connectivity index (χ4n) is 2.85. The molecule has 1 aromatic carbocycles. The Morgan fingerprint density at radius 3 is 2.89 bits per heavy atom. The van der Waals surface area contributed by atoms with Gasteiger partial charge in [0.05, 0.1) is 11.1 Å². The Morgan fingerprint density at radius 1 is 1.32 bits per heavy atom. The van der Waals surface area contributed by atoms with E-state index in [9.17, 15) is 5.26 Å². The normalized spacial score (nSPS) is 22.3. The van der Waals surface area contributed by atoms with Gasteiger partial charge >= 0.3 is 0 Å². The summed E-state index contributed by atoms with van der Waals surface area (Å²) in [5.41, 5.74) is 1.58. The first-order valence-corrected chi connectivity index (χ1v) is 6.84. The molecule has 0 saturated heterocycles. The number of hydrogen-bond acceptors (Lipinski definition) is 3. The Labute approximate surface area is 113 Å². The van der Waals surface area contributed by atoms with Crippen molar-refractivity contribution in [1.82, 2.24) is 4.98 Å². The first-order chi connectivity index (χ1) is 9.28.